The molecular formula is C20H25N4OP. The van der Waals surface area contributed by atoms with Crippen molar-refractivity contribution in [3.05, 3.63) is 58.6 Å². The van der Waals surface area contributed by atoms with Crippen molar-refractivity contribution in [2.75, 3.05) is 6.66 Å². The largest absolute Gasteiger partial charge is 0.419 e. The van der Waals surface area contributed by atoms with Gasteiger partial charge in [0.05, 0.1) is 5.69 Å². The van der Waals surface area contributed by atoms with E-state index >= 15 is 0 Å². The van der Waals surface area contributed by atoms with Crippen molar-refractivity contribution in [2.45, 2.75) is 40.2 Å². The van der Waals surface area contributed by atoms with Crippen LogP contribution in [0.1, 0.15) is 54.1 Å². The van der Waals surface area contributed by atoms with Gasteiger partial charge in [-0.15, -0.1) is 10.2 Å². The fourth-order valence-electron chi connectivity index (χ4n) is 3.09. The van der Waals surface area contributed by atoms with Gasteiger partial charge in [0, 0.05) is 17.1 Å². The summed E-state index contributed by atoms with van der Waals surface area (Å²) in [6.45, 7) is 11.2. The molecule has 2 heterocycles. The van der Waals surface area contributed by atoms with Gasteiger partial charge in [-0.3, -0.25) is 4.68 Å². The number of aromatic nitrogens is 4. The van der Waals surface area contributed by atoms with Crippen LogP contribution in [0, 0.1) is 13.8 Å². The summed E-state index contributed by atoms with van der Waals surface area (Å²) >= 11 is 0. The minimum Gasteiger partial charge on any atom is -0.419 e. The molecule has 3 rings (SSSR count). The Kier molecular flexibility index (Phi) is 5.67. The molecule has 0 aliphatic carbocycles. The third-order valence-corrected chi connectivity index (χ3v) is 5.65. The molecule has 1 atom stereocenters. The van der Waals surface area contributed by atoms with Crippen molar-refractivity contribution in [2.24, 2.45) is 0 Å². The van der Waals surface area contributed by atoms with Crippen molar-refractivity contribution in [1.29, 1.82) is 0 Å². The van der Waals surface area contributed by atoms with Crippen LogP contribution in [0.15, 0.2) is 28.7 Å². The number of hydrogen-bond donors (Lipinski definition) is 0. The van der Waals surface area contributed by atoms with Crippen LogP contribution in [0.2, 0.25) is 0 Å². The molecule has 1 aromatic carbocycles. The molecule has 0 spiro atoms. The van der Waals surface area contributed by atoms with Crippen LogP contribution >= 0.6 is 8.58 Å². The lowest BCUT2D eigenvalue weighted by atomic mass is 9.97. The van der Waals surface area contributed by atoms with Crippen LogP contribution in [0.5, 0.6) is 0 Å². The lowest BCUT2D eigenvalue weighted by Crippen LogP contribution is -2.07. The quantitative estimate of drug-likeness (QED) is 0.613. The molecule has 1 unspecified atom stereocenters. The molecule has 2 aromatic heterocycles. The molecule has 136 valence electrons. The van der Waals surface area contributed by atoms with Gasteiger partial charge in [-0.2, -0.15) is 5.10 Å². The summed E-state index contributed by atoms with van der Waals surface area (Å²) in [6, 6.07) is 8.36. The molecule has 0 N–H and O–H groups in total. The van der Waals surface area contributed by atoms with Crippen molar-refractivity contribution in [1.82, 2.24) is 20.0 Å². The zero-order valence-electron chi connectivity index (χ0n) is 15.9. The Bertz CT molecular complexity index is 924. The van der Waals surface area contributed by atoms with Gasteiger partial charge in [-0.25, -0.2) is 0 Å². The minimum absolute atomic E-state index is 0.466. The molecule has 0 aliphatic heterocycles. The lowest BCUT2D eigenvalue weighted by molar-refractivity contribution is 0.455. The molecule has 0 saturated carbocycles. The third kappa shape index (κ3) is 3.94. The molecule has 0 radical (unpaired) electrons. The van der Waals surface area contributed by atoms with E-state index in [9.17, 15) is 0 Å². The van der Waals surface area contributed by atoms with Crippen LogP contribution in [-0.4, -0.2) is 26.6 Å². The summed E-state index contributed by atoms with van der Waals surface area (Å²) in [5, 5.41) is 14.2. The highest BCUT2D eigenvalue weighted by molar-refractivity contribution is 7.46. The molecular weight excluding hydrogens is 343 g/mol. The van der Waals surface area contributed by atoms with Gasteiger partial charge in [0.25, 0.3) is 0 Å². The third-order valence-electron chi connectivity index (χ3n) is 4.42. The van der Waals surface area contributed by atoms with Crippen molar-refractivity contribution in [3.63, 3.8) is 0 Å². The van der Waals surface area contributed by atoms with Crippen LogP contribution in [0.4, 0.5) is 0 Å². The maximum Gasteiger partial charge on any atom is 0.240 e. The summed E-state index contributed by atoms with van der Waals surface area (Å²) in [5.41, 5.74) is 4.73. The number of aryl methyl sites for hydroxylation is 1. The summed E-state index contributed by atoms with van der Waals surface area (Å²) in [5.74, 6) is 1.55. The van der Waals surface area contributed by atoms with E-state index in [-0.39, 0.29) is 0 Å². The van der Waals surface area contributed by atoms with Gasteiger partial charge in [-0.05, 0) is 43.6 Å². The fraction of sp³-hybridized carbons (Fsp3) is 0.350. The average molecular weight is 368 g/mol. The van der Waals surface area contributed by atoms with E-state index in [1.165, 1.54) is 22.1 Å². The van der Waals surface area contributed by atoms with E-state index < -0.39 is 0 Å². The first-order valence-electron chi connectivity index (χ1n) is 8.80. The van der Waals surface area contributed by atoms with Gasteiger partial charge in [0.2, 0.25) is 11.8 Å². The average Bonchev–Trinajstić information content (AvgIpc) is 3.17. The van der Waals surface area contributed by atoms with Crippen molar-refractivity contribution in [3.8, 4) is 0 Å². The molecule has 0 saturated heterocycles. The highest BCUT2D eigenvalue weighted by Gasteiger charge is 2.13. The Labute approximate surface area is 156 Å². The monoisotopic (exact) mass is 368 g/mol. The number of rotatable bonds is 6. The summed E-state index contributed by atoms with van der Waals surface area (Å²) in [6.07, 6.45) is 3.91. The number of hydrogen-bond acceptors (Lipinski definition) is 4. The second-order valence-corrected chi connectivity index (χ2v) is 7.60. The normalized spacial score (nSPS) is 12.2. The first kappa shape index (κ1) is 18.5. The van der Waals surface area contributed by atoms with E-state index in [0.717, 1.165) is 14.3 Å². The Morgan fingerprint density at radius 2 is 1.92 bits per heavy atom. The summed E-state index contributed by atoms with van der Waals surface area (Å²) in [7, 11) is 0.734. The molecule has 0 amide bonds. The topological polar surface area (TPSA) is 56.7 Å². The zero-order valence-corrected chi connectivity index (χ0v) is 16.9. The standard InChI is InChI=1S/C20H25N4OP/c1-13(2)17-9-7-6-8-16(17)10-11-18-21-22-19(25-18)12-24-15(4)20(26-5)14(3)23-24/h6-11,13,26H,12H2,1-5H3/b11-10+. The van der Waals surface area contributed by atoms with E-state index in [2.05, 4.69) is 60.9 Å². The van der Waals surface area contributed by atoms with Gasteiger partial charge in [-0.1, -0.05) is 46.7 Å². The zero-order chi connectivity index (χ0) is 18.7. The molecule has 0 aliphatic rings. The van der Waals surface area contributed by atoms with Crippen LogP contribution < -0.4 is 5.30 Å². The van der Waals surface area contributed by atoms with Crippen molar-refractivity contribution < 1.29 is 4.42 Å². The summed E-state index contributed by atoms with van der Waals surface area (Å²) < 4.78 is 7.72. The SMILES string of the molecule is CPc1c(C)nn(Cc2nnc(/C=C/c3ccccc3C(C)C)o2)c1C. The Morgan fingerprint density at radius 3 is 2.62 bits per heavy atom. The molecule has 0 bridgehead atoms. The van der Waals surface area contributed by atoms with E-state index in [1.807, 2.05) is 29.8 Å². The lowest BCUT2D eigenvalue weighted by Gasteiger charge is -2.08. The van der Waals surface area contributed by atoms with Crippen LogP contribution in [0.25, 0.3) is 12.2 Å². The summed E-state index contributed by atoms with van der Waals surface area (Å²) in [4.78, 5) is 0. The highest BCUT2D eigenvalue weighted by atomic mass is 31.1. The second-order valence-electron chi connectivity index (χ2n) is 6.60. The number of nitrogens with zero attached hydrogens (tertiary/aromatic N) is 4. The van der Waals surface area contributed by atoms with Crippen LogP contribution in [-0.2, 0) is 6.54 Å². The maximum absolute atomic E-state index is 5.78. The van der Waals surface area contributed by atoms with Gasteiger partial charge < -0.3 is 4.42 Å². The molecule has 0 fully saturated rings. The predicted molar refractivity (Wildman–Crippen MR) is 108 cm³/mol. The fourth-order valence-corrected chi connectivity index (χ4v) is 3.99. The van der Waals surface area contributed by atoms with Crippen LogP contribution in [0.3, 0.4) is 0 Å². The molecule has 6 heteroatoms. The second kappa shape index (κ2) is 7.96. The van der Waals surface area contributed by atoms with E-state index in [0.29, 0.717) is 24.2 Å². The highest BCUT2D eigenvalue weighted by Crippen LogP contribution is 2.21. The van der Waals surface area contributed by atoms with E-state index in [4.69, 9.17) is 4.42 Å². The van der Waals surface area contributed by atoms with Gasteiger partial charge in [0.15, 0.2) is 0 Å². The van der Waals surface area contributed by atoms with Crippen molar-refractivity contribution >= 4 is 26.0 Å². The first-order valence-corrected chi connectivity index (χ1v) is 10.3. The molecule has 26 heavy (non-hydrogen) atoms. The van der Waals surface area contributed by atoms with E-state index in [1.54, 1.807) is 0 Å². The Hall–Kier alpha value is -2.26. The first-order chi connectivity index (χ1) is 12.5. The van der Waals surface area contributed by atoms with Gasteiger partial charge >= 0.3 is 0 Å². The predicted octanol–water partition coefficient (Wildman–Crippen LogP) is 4.16. The van der Waals surface area contributed by atoms with Gasteiger partial charge in [0.1, 0.15) is 6.54 Å². The maximum atomic E-state index is 5.78. The minimum atomic E-state index is 0.466. The smallest absolute Gasteiger partial charge is 0.240 e. The number of benzene rings is 1. The molecule has 3 aromatic rings. The Balaban J connectivity index is 1.77. The molecule has 5 nitrogen and oxygen atoms in total. The Morgan fingerprint density at radius 1 is 1.15 bits per heavy atom.